The molecule has 0 bridgehead atoms. The third-order valence-electron chi connectivity index (χ3n) is 5.49. The number of hydrogen-bond acceptors (Lipinski definition) is 5. The van der Waals surface area contributed by atoms with E-state index in [1.807, 2.05) is 60.4 Å². The molecule has 1 amide bonds. The molecule has 1 fully saturated rings. The number of aromatic nitrogens is 2. The molecule has 160 valence electrons. The first-order valence-corrected chi connectivity index (χ1v) is 10.9. The zero-order valence-corrected chi connectivity index (χ0v) is 17.9. The van der Waals surface area contributed by atoms with Crippen LogP contribution in [0.15, 0.2) is 66.9 Å². The topological polar surface area (TPSA) is 58.6 Å². The van der Waals surface area contributed by atoms with Crippen molar-refractivity contribution >= 4 is 11.9 Å². The molecule has 0 radical (unpaired) electrons. The molecule has 2 heterocycles. The highest BCUT2D eigenvalue weighted by Gasteiger charge is 2.22. The molecule has 1 aliphatic heterocycles. The molecule has 4 rings (SSSR count). The lowest BCUT2D eigenvalue weighted by Crippen LogP contribution is -2.49. The average molecular weight is 417 g/mol. The first-order chi connectivity index (χ1) is 15.2. The maximum absolute atomic E-state index is 12.6. The number of rotatable bonds is 7. The molecule has 6 heteroatoms. The summed E-state index contributed by atoms with van der Waals surface area (Å²) in [5.41, 5.74) is 3.12. The van der Waals surface area contributed by atoms with Crippen LogP contribution in [0.1, 0.15) is 18.9 Å². The van der Waals surface area contributed by atoms with Gasteiger partial charge in [-0.05, 0) is 49.2 Å². The van der Waals surface area contributed by atoms with E-state index in [0.29, 0.717) is 32.1 Å². The van der Waals surface area contributed by atoms with Gasteiger partial charge >= 0.3 is 0 Å². The van der Waals surface area contributed by atoms with Crippen LogP contribution in [0, 0.1) is 0 Å². The van der Waals surface area contributed by atoms with E-state index in [1.54, 1.807) is 6.20 Å². The molecule has 1 aromatic heterocycles. The summed E-state index contributed by atoms with van der Waals surface area (Å²) in [5, 5.41) is 0. The van der Waals surface area contributed by atoms with Crippen molar-refractivity contribution in [3.63, 3.8) is 0 Å². The summed E-state index contributed by atoms with van der Waals surface area (Å²) in [5.74, 6) is 1.78. The highest BCUT2D eigenvalue weighted by atomic mass is 16.5. The predicted molar refractivity (Wildman–Crippen MR) is 122 cm³/mol. The fourth-order valence-corrected chi connectivity index (χ4v) is 3.76. The van der Waals surface area contributed by atoms with E-state index in [0.717, 1.165) is 36.5 Å². The number of ether oxygens (including phenoxy) is 1. The monoisotopic (exact) mass is 416 g/mol. The Hall–Kier alpha value is -3.41. The standard InChI is InChI=1S/C25H28N4O2/c1-2-31-22-11-9-21(10-12-22)23-14-15-26-25(27-23)29-18-16-28(17-19-29)24(30)13-8-20-6-4-3-5-7-20/h3-7,9-12,14-15H,2,8,13,16-19H2,1H3. The van der Waals surface area contributed by atoms with E-state index in [1.165, 1.54) is 5.56 Å². The fourth-order valence-electron chi connectivity index (χ4n) is 3.76. The molecule has 0 aliphatic carbocycles. The van der Waals surface area contributed by atoms with Gasteiger partial charge in [-0.2, -0.15) is 0 Å². The van der Waals surface area contributed by atoms with Crippen LogP contribution < -0.4 is 9.64 Å². The maximum atomic E-state index is 12.6. The molecule has 0 saturated carbocycles. The van der Waals surface area contributed by atoms with Crippen molar-refractivity contribution in [2.24, 2.45) is 0 Å². The van der Waals surface area contributed by atoms with Gasteiger partial charge in [0.1, 0.15) is 5.75 Å². The van der Waals surface area contributed by atoms with Crippen LogP contribution in [-0.4, -0.2) is 53.6 Å². The second-order valence-electron chi connectivity index (χ2n) is 7.55. The molecule has 1 saturated heterocycles. The predicted octanol–water partition coefficient (Wildman–Crippen LogP) is 3.82. The van der Waals surface area contributed by atoms with Gasteiger partial charge in [0.05, 0.1) is 12.3 Å². The van der Waals surface area contributed by atoms with Crippen molar-refractivity contribution in [2.75, 3.05) is 37.7 Å². The summed E-state index contributed by atoms with van der Waals surface area (Å²) < 4.78 is 5.51. The van der Waals surface area contributed by atoms with Gasteiger partial charge in [-0.3, -0.25) is 4.79 Å². The highest BCUT2D eigenvalue weighted by Crippen LogP contribution is 2.22. The van der Waals surface area contributed by atoms with Crippen molar-refractivity contribution < 1.29 is 9.53 Å². The van der Waals surface area contributed by atoms with Crippen LogP contribution in [0.5, 0.6) is 5.75 Å². The minimum Gasteiger partial charge on any atom is -0.494 e. The Morgan fingerprint density at radius 2 is 1.71 bits per heavy atom. The number of hydrogen-bond donors (Lipinski definition) is 0. The van der Waals surface area contributed by atoms with E-state index < -0.39 is 0 Å². The lowest BCUT2D eigenvalue weighted by molar-refractivity contribution is -0.131. The van der Waals surface area contributed by atoms with E-state index in [9.17, 15) is 4.79 Å². The Morgan fingerprint density at radius 3 is 2.42 bits per heavy atom. The number of anilines is 1. The first kappa shape index (κ1) is 20.8. The molecule has 3 aromatic rings. The summed E-state index contributed by atoms with van der Waals surface area (Å²) in [6, 6.07) is 20.0. The minimum atomic E-state index is 0.215. The number of carbonyl (C=O) groups excluding carboxylic acids is 1. The van der Waals surface area contributed by atoms with Crippen LogP contribution in [0.4, 0.5) is 5.95 Å². The van der Waals surface area contributed by atoms with Gasteiger partial charge in [-0.15, -0.1) is 0 Å². The van der Waals surface area contributed by atoms with Crippen molar-refractivity contribution in [1.29, 1.82) is 0 Å². The zero-order valence-electron chi connectivity index (χ0n) is 17.9. The number of carbonyl (C=O) groups is 1. The summed E-state index contributed by atoms with van der Waals surface area (Å²) in [6.45, 7) is 5.50. The number of benzene rings is 2. The van der Waals surface area contributed by atoms with E-state index in [-0.39, 0.29) is 5.91 Å². The van der Waals surface area contributed by atoms with E-state index in [4.69, 9.17) is 9.72 Å². The van der Waals surface area contributed by atoms with Gasteiger partial charge in [-0.25, -0.2) is 9.97 Å². The van der Waals surface area contributed by atoms with E-state index in [2.05, 4.69) is 22.0 Å². The van der Waals surface area contributed by atoms with Gasteiger partial charge in [0.15, 0.2) is 0 Å². The lowest BCUT2D eigenvalue weighted by atomic mass is 10.1. The summed E-state index contributed by atoms with van der Waals surface area (Å²) in [7, 11) is 0. The Balaban J connectivity index is 1.33. The fraction of sp³-hybridized carbons (Fsp3) is 0.320. The Morgan fingerprint density at radius 1 is 0.968 bits per heavy atom. The number of amides is 1. The second-order valence-corrected chi connectivity index (χ2v) is 7.55. The lowest BCUT2D eigenvalue weighted by Gasteiger charge is -2.35. The molecule has 0 unspecified atom stereocenters. The second kappa shape index (κ2) is 10.1. The number of piperazine rings is 1. The van der Waals surface area contributed by atoms with Gasteiger partial charge in [0, 0.05) is 44.4 Å². The molecule has 31 heavy (non-hydrogen) atoms. The zero-order chi connectivity index (χ0) is 21.5. The minimum absolute atomic E-state index is 0.215. The van der Waals surface area contributed by atoms with Crippen LogP contribution in [0.3, 0.4) is 0 Å². The highest BCUT2D eigenvalue weighted by molar-refractivity contribution is 5.76. The molecular weight excluding hydrogens is 388 g/mol. The smallest absolute Gasteiger partial charge is 0.225 e. The van der Waals surface area contributed by atoms with Crippen LogP contribution >= 0.6 is 0 Å². The molecule has 2 aromatic carbocycles. The summed E-state index contributed by atoms with van der Waals surface area (Å²) in [6.07, 6.45) is 3.13. The average Bonchev–Trinajstić information content (AvgIpc) is 2.84. The summed E-state index contributed by atoms with van der Waals surface area (Å²) >= 11 is 0. The largest absolute Gasteiger partial charge is 0.494 e. The van der Waals surface area contributed by atoms with E-state index >= 15 is 0 Å². The molecule has 6 nitrogen and oxygen atoms in total. The third-order valence-corrected chi connectivity index (χ3v) is 5.49. The normalized spacial score (nSPS) is 13.8. The number of aryl methyl sites for hydroxylation is 1. The Bertz CT molecular complexity index is 984. The molecule has 0 N–H and O–H groups in total. The first-order valence-electron chi connectivity index (χ1n) is 10.9. The molecular formula is C25H28N4O2. The third kappa shape index (κ3) is 5.40. The molecule has 1 aliphatic rings. The number of nitrogens with zero attached hydrogens (tertiary/aromatic N) is 4. The van der Waals surface area contributed by atoms with Crippen LogP contribution in [0.2, 0.25) is 0 Å². The molecule has 0 spiro atoms. The van der Waals surface area contributed by atoms with Gasteiger partial charge < -0.3 is 14.5 Å². The van der Waals surface area contributed by atoms with Crippen molar-refractivity contribution in [2.45, 2.75) is 19.8 Å². The van der Waals surface area contributed by atoms with Crippen molar-refractivity contribution in [1.82, 2.24) is 14.9 Å². The van der Waals surface area contributed by atoms with Gasteiger partial charge in [-0.1, -0.05) is 30.3 Å². The quantitative estimate of drug-likeness (QED) is 0.586. The van der Waals surface area contributed by atoms with Crippen LogP contribution in [0.25, 0.3) is 11.3 Å². The Labute approximate surface area is 183 Å². The molecule has 0 atom stereocenters. The van der Waals surface area contributed by atoms with Gasteiger partial charge in [0.2, 0.25) is 11.9 Å². The van der Waals surface area contributed by atoms with Crippen LogP contribution in [-0.2, 0) is 11.2 Å². The van der Waals surface area contributed by atoms with Crippen molar-refractivity contribution in [3.8, 4) is 17.0 Å². The Kier molecular flexibility index (Phi) is 6.77. The van der Waals surface area contributed by atoms with Crippen molar-refractivity contribution in [3.05, 3.63) is 72.4 Å². The maximum Gasteiger partial charge on any atom is 0.225 e. The summed E-state index contributed by atoms with van der Waals surface area (Å²) in [4.78, 5) is 25.9. The SMILES string of the molecule is CCOc1ccc(-c2ccnc(N3CCN(C(=O)CCc4ccccc4)CC3)n2)cc1. The van der Waals surface area contributed by atoms with Gasteiger partial charge in [0.25, 0.3) is 0 Å².